The van der Waals surface area contributed by atoms with E-state index >= 15 is 0 Å². The van der Waals surface area contributed by atoms with Crippen LogP contribution in [0.5, 0.6) is 0 Å². The quantitative estimate of drug-likeness (QED) is 0.718. The van der Waals surface area contributed by atoms with E-state index in [4.69, 9.17) is 11.6 Å². The Hall–Kier alpha value is -1.85. The van der Waals surface area contributed by atoms with Crippen molar-refractivity contribution >= 4 is 34.8 Å². The number of nitrogens with zero attached hydrogens (tertiary/aromatic N) is 2. The molecule has 6 heteroatoms. The average Bonchev–Trinajstić information content (AvgIpc) is 3.42. The van der Waals surface area contributed by atoms with E-state index < -0.39 is 0 Å². The number of rotatable bonds is 5. The summed E-state index contributed by atoms with van der Waals surface area (Å²) in [4.78, 5) is 31.0. The van der Waals surface area contributed by atoms with E-state index in [2.05, 4.69) is 11.4 Å². The molecule has 0 bridgehead atoms. The highest BCUT2D eigenvalue weighted by Gasteiger charge is 2.38. The van der Waals surface area contributed by atoms with Gasteiger partial charge in [-0.1, -0.05) is 23.7 Å². The van der Waals surface area contributed by atoms with Crippen LogP contribution in [0.15, 0.2) is 35.7 Å². The number of benzene rings is 1. The second-order valence-corrected chi connectivity index (χ2v) is 9.36. The molecule has 2 heterocycles. The van der Waals surface area contributed by atoms with Gasteiger partial charge in [0.15, 0.2) is 0 Å². The number of hydrogen-bond acceptors (Lipinski definition) is 3. The van der Waals surface area contributed by atoms with Crippen molar-refractivity contribution in [2.75, 3.05) is 13.1 Å². The Balaban J connectivity index is 1.61. The minimum atomic E-state index is -0.121. The van der Waals surface area contributed by atoms with Gasteiger partial charge >= 0.3 is 0 Å². The summed E-state index contributed by atoms with van der Waals surface area (Å²) in [7, 11) is 0. The maximum Gasteiger partial charge on any atom is 0.243 e. The topological polar surface area (TPSA) is 40.6 Å². The van der Waals surface area contributed by atoms with Crippen LogP contribution in [0.2, 0.25) is 5.02 Å². The van der Waals surface area contributed by atoms with Crippen molar-refractivity contribution in [3.8, 4) is 0 Å². The summed E-state index contributed by atoms with van der Waals surface area (Å²) in [5, 5.41) is 2.78. The highest BCUT2D eigenvalue weighted by atomic mass is 35.5. The highest BCUT2D eigenvalue weighted by molar-refractivity contribution is 7.10. The lowest BCUT2D eigenvalue weighted by Crippen LogP contribution is -2.49. The molecule has 1 fully saturated rings. The Kier molecular flexibility index (Phi) is 5.48. The predicted octanol–water partition coefficient (Wildman–Crippen LogP) is 4.52. The standard InChI is InChI=1S/C22H25ClN2O2S/c1-14(2)25(22(27)16-3-4-16)13-20(26)24-11-9-19-18(10-12-28-19)21(24)15-5-7-17(23)8-6-15/h5-8,10,12,14,16,21H,3-4,9,11,13H2,1-2H3. The van der Waals surface area contributed by atoms with E-state index in [9.17, 15) is 9.59 Å². The van der Waals surface area contributed by atoms with Crippen molar-refractivity contribution < 1.29 is 9.59 Å². The number of thiophene rings is 1. The van der Waals surface area contributed by atoms with E-state index in [1.807, 2.05) is 43.0 Å². The fraction of sp³-hybridized carbons (Fsp3) is 0.455. The van der Waals surface area contributed by atoms with Gasteiger partial charge in [0.25, 0.3) is 0 Å². The highest BCUT2D eigenvalue weighted by Crippen LogP contribution is 2.38. The van der Waals surface area contributed by atoms with Crippen LogP contribution in [-0.4, -0.2) is 40.7 Å². The molecule has 0 spiro atoms. The van der Waals surface area contributed by atoms with Gasteiger partial charge in [-0.15, -0.1) is 11.3 Å². The lowest BCUT2D eigenvalue weighted by atomic mass is 9.93. The Labute approximate surface area is 175 Å². The van der Waals surface area contributed by atoms with E-state index in [0.717, 1.165) is 24.8 Å². The molecule has 0 saturated heterocycles. The molecule has 1 unspecified atom stereocenters. The van der Waals surface area contributed by atoms with Gasteiger partial charge in [0.1, 0.15) is 6.54 Å². The second-order valence-electron chi connectivity index (χ2n) is 7.92. The fourth-order valence-corrected chi connectivity index (χ4v) is 4.94. The average molecular weight is 417 g/mol. The smallest absolute Gasteiger partial charge is 0.243 e. The largest absolute Gasteiger partial charge is 0.331 e. The van der Waals surface area contributed by atoms with E-state index in [1.165, 1.54) is 10.4 Å². The van der Waals surface area contributed by atoms with E-state index in [0.29, 0.717) is 11.6 Å². The summed E-state index contributed by atoms with van der Waals surface area (Å²) in [5.41, 5.74) is 2.25. The van der Waals surface area contributed by atoms with Crippen LogP contribution in [0.4, 0.5) is 0 Å². The molecule has 2 aliphatic rings. The first-order valence-electron chi connectivity index (χ1n) is 9.87. The molecule has 1 aliphatic carbocycles. The zero-order valence-corrected chi connectivity index (χ0v) is 17.8. The molecule has 148 valence electrons. The molecule has 1 aromatic carbocycles. The molecule has 4 nitrogen and oxygen atoms in total. The van der Waals surface area contributed by atoms with Gasteiger partial charge in [-0.2, -0.15) is 0 Å². The van der Waals surface area contributed by atoms with Crippen LogP contribution < -0.4 is 0 Å². The monoisotopic (exact) mass is 416 g/mol. The first-order valence-corrected chi connectivity index (χ1v) is 11.1. The van der Waals surface area contributed by atoms with Crippen LogP contribution in [0.1, 0.15) is 48.7 Å². The third-order valence-corrected chi connectivity index (χ3v) is 6.86. The first-order chi connectivity index (χ1) is 13.5. The van der Waals surface area contributed by atoms with Crippen LogP contribution in [0.25, 0.3) is 0 Å². The summed E-state index contributed by atoms with van der Waals surface area (Å²) in [6.07, 6.45) is 2.76. The first kappa shape index (κ1) is 19.5. The molecule has 1 atom stereocenters. The number of carbonyl (C=O) groups is 2. The predicted molar refractivity (Wildman–Crippen MR) is 113 cm³/mol. The molecule has 1 aromatic heterocycles. The van der Waals surface area contributed by atoms with Gasteiger partial charge in [-0.25, -0.2) is 0 Å². The third-order valence-electron chi connectivity index (χ3n) is 5.61. The minimum absolute atomic E-state index is 0.0134. The number of amides is 2. The van der Waals surface area contributed by atoms with Crippen LogP contribution in [-0.2, 0) is 16.0 Å². The van der Waals surface area contributed by atoms with Gasteiger partial charge < -0.3 is 9.80 Å². The Morgan fingerprint density at radius 3 is 2.57 bits per heavy atom. The SMILES string of the molecule is CC(C)N(CC(=O)N1CCc2sccc2C1c1ccc(Cl)cc1)C(=O)C1CC1. The van der Waals surface area contributed by atoms with Crippen molar-refractivity contribution in [2.24, 2.45) is 5.92 Å². The van der Waals surface area contributed by atoms with E-state index in [-0.39, 0.29) is 36.4 Å². The fourth-order valence-electron chi connectivity index (χ4n) is 3.91. The van der Waals surface area contributed by atoms with Gasteiger partial charge in [0.05, 0.1) is 6.04 Å². The molecule has 28 heavy (non-hydrogen) atoms. The summed E-state index contributed by atoms with van der Waals surface area (Å²) in [6, 6.07) is 9.76. The normalized spacial score (nSPS) is 18.9. The number of carbonyl (C=O) groups excluding carboxylic acids is 2. The van der Waals surface area contributed by atoms with Gasteiger partial charge in [0.2, 0.25) is 11.8 Å². The third kappa shape index (κ3) is 3.83. The lowest BCUT2D eigenvalue weighted by molar-refractivity contribution is -0.143. The summed E-state index contributed by atoms with van der Waals surface area (Å²) >= 11 is 7.83. The van der Waals surface area contributed by atoms with Crippen molar-refractivity contribution in [1.82, 2.24) is 9.80 Å². The Bertz CT molecular complexity index is 873. The molecular weight excluding hydrogens is 392 g/mol. The van der Waals surface area contributed by atoms with Crippen LogP contribution in [0.3, 0.4) is 0 Å². The second kappa shape index (κ2) is 7.88. The summed E-state index contributed by atoms with van der Waals surface area (Å²) in [6.45, 7) is 4.79. The molecule has 2 amide bonds. The lowest BCUT2D eigenvalue weighted by Gasteiger charge is -2.38. The number of halogens is 1. The van der Waals surface area contributed by atoms with E-state index in [1.54, 1.807) is 16.2 Å². The molecule has 1 aliphatic heterocycles. The summed E-state index contributed by atoms with van der Waals surface area (Å²) < 4.78 is 0. The Morgan fingerprint density at radius 2 is 1.93 bits per heavy atom. The van der Waals surface area contributed by atoms with Crippen molar-refractivity contribution in [2.45, 2.75) is 45.2 Å². The van der Waals surface area contributed by atoms with Crippen LogP contribution in [0, 0.1) is 5.92 Å². The molecule has 4 rings (SSSR count). The van der Waals surface area contributed by atoms with Crippen LogP contribution >= 0.6 is 22.9 Å². The zero-order chi connectivity index (χ0) is 19.8. The summed E-state index contributed by atoms with van der Waals surface area (Å²) in [5.74, 6) is 0.256. The minimum Gasteiger partial charge on any atom is -0.331 e. The maximum absolute atomic E-state index is 13.4. The molecule has 2 aromatic rings. The molecule has 0 N–H and O–H groups in total. The zero-order valence-electron chi connectivity index (χ0n) is 16.2. The number of fused-ring (bicyclic) bond motifs is 1. The number of hydrogen-bond donors (Lipinski definition) is 0. The maximum atomic E-state index is 13.4. The Morgan fingerprint density at radius 1 is 1.21 bits per heavy atom. The van der Waals surface area contributed by atoms with Gasteiger partial charge in [0, 0.05) is 28.4 Å². The van der Waals surface area contributed by atoms with Crippen molar-refractivity contribution in [1.29, 1.82) is 0 Å². The van der Waals surface area contributed by atoms with Crippen molar-refractivity contribution in [3.05, 3.63) is 56.7 Å². The van der Waals surface area contributed by atoms with Gasteiger partial charge in [-0.05, 0) is 67.8 Å². The van der Waals surface area contributed by atoms with Crippen molar-refractivity contribution in [3.63, 3.8) is 0 Å². The van der Waals surface area contributed by atoms with Gasteiger partial charge in [-0.3, -0.25) is 9.59 Å². The molecule has 0 radical (unpaired) electrons. The molecule has 1 saturated carbocycles. The molecular formula is C22H25ClN2O2S.